The van der Waals surface area contributed by atoms with Crippen LogP contribution in [0.25, 0.3) is 0 Å². The average Bonchev–Trinajstić information content (AvgIpc) is 3.47. The fraction of sp³-hybridized carbons (Fsp3) is 0.304. The van der Waals surface area contributed by atoms with Gasteiger partial charge in [-0.2, -0.15) is 0 Å². The molecule has 0 radical (unpaired) electrons. The minimum Gasteiger partial charge on any atom is -0.497 e. The average molecular weight is 471 g/mol. The summed E-state index contributed by atoms with van der Waals surface area (Å²) in [6.45, 7) is 3.86. The van der Waals surface area contributed by atoms with E-state index in [1.54, 1.807) is 55.2 Å². The Kier molecular flexibility index (Phi) is 8.20. The van der Waals surface area contributed by atoms with Crippen LogP contribution >= 0.6 is 11.3 Å². The largest absolute Gasteiger partial charge is 0.497 e. The molecule has 0 saturated carbocycles. The van der Waals surface area contributed by atoms with Crippen LogP contribution in [0.3, 0.4) is 0 Å². The quantitative estimate of drug-likeness (QED) is 0.471. The molecule has 174 valence electrons. The lowest BCUT2D eigenvalue weighted by molar-refractivity contribution is -0.120. The highest BCUT2D eigenvalue weighted by Gasteiger charge is 2.22. The topological polar surface area (TPSA) is 114 Å². The number of amides is 3. The second-order valence-corrected chi connectivity index (χ2v) is 8.34. The highest BCUT2D eigenvalue weighted by molar-refractivity contribution is 7.13. The minimum atomic E-state index is -0.367. The highest BCUT2D eigenvalue weighted by Crippen LogP contribution is 2.17. The summed E-state index contributed by atoms with van der Waals surface area (Å²) in [4.78, 5) is 43.3. The highest BCUT2D eigenvalue weighted by atomic mass is 32.1. The van der Waals surface area contributed by atoms with E-state index in [-0.39, 0.29) is 36.7 Å². The third-order valence-corrected chi connectivity index (χ3v) is 5.52. The van der Waals surface area contributed by atoms with Gasteiger partial charge in [-0.1, -0.05) is 0 Å². The van der Waals surface area contributed by atoms with Gasteiger partial charge in [-0.3, -0.25) is 14.4 Å². The van der Waals surface area contributed by atoms with Crippen molar-refractivity contribution in [3.63, 3.8) is 0 Å². The maximum Gasteiger partial charge on any atom is 0.254 e. The number of nitrogens with zero attached hydrogens (tertiary/aromatic N) is 2. The molecule has 0 unspecified atom stereocenters. The fourth-order valence-electron chi connectivity index (χ4n) is 2.97. The zero-order valence-corrected chi connectivity index (χ0v) is 19.5. The number of nitrogens with one attached hydrogen (secondary N) is 2. The lowest BCUT2D eigenvalue weighted by Gasteiger charge is -2.26. The van der Waals surface area contributed by atoms with Gasteiger partial charge in [-0.15, -0.1) is 11.3 Å². The smallest absolute Gasteiger partial charge is 0.254 e. The van der Waals surface area contributed by atoms with E-state index in [0.29, 0.717) is 34.4 Å². The molecule has 0 saturated heterocycles. The van der Waals surface area contributed by atoms with Crippen LogP contribution in [0, 0.1) is 0 Å². The molecule has 3 aromatic rings. The van der Waals surface area contributed by atoms with Crippen LogP contribution in [0.2, 0.25) is 0 Å². The number of carbonyl (C=O) groups is 3. The number of thiazole rings is 1. The molecule has 3 rings (SSSR count). The Morgan fingerprint density at radius 3 is 2.55 bits per heavy atom. The molecule has 0 atom stereocenters. The molecular formula is C23H26N4O5S. The number of rotatable bonds is 10. The van der Waals surface area contributed by atoms with Gasteiger partial charge in [-0.25, -0.2) is 4.98 Å². The third-order valence-electron chi connectivity index (χ3n) is 4.71. The van der Waals surface area contributed by atoms with Crippen LogP contribution in [-0.4, -0.2) is 47.3 Å². The molecule has 10 heteroatoms. The van der Waals surface area contributed by atoms with E-state index in [9.17, 15) is 14.4 Å². The van der Waals surface area contributed by atoms with Gasteiger partial charge in [0.1, 0.15) is 18.1 Å². The Labute approximate surface area is 195 Å². The second-order valence-electron chi connectivity index (χ2n) is 7.48. The number of anilines is 1. The first-order valence-corrected chi connectivity index (χ1v) is 11.2. The molecule has 3 amide bonds. The van der Waals surface area contributed by atoms with E-state index in [2.05, 4.69) is 15.6 Å². The van der Waals surface area contributed by atoms with Gasteiger partial charge in [0.25, 0.3) is 5.91 Å². The number of hydrogen-bond donors (Lipinski definition) is 2. The molecule has 0 aliphatic heterocycles. The maximum atomic E-state index is 12.9. The molecule has 0 fully saturated rings. The van der Waals surface area contributed by atoms with E-state index in [1.165, 1.54) is 16.2 Å². The molecule has 9 nitrogen and oxygen atoms in total. The van der Waals surface area contributed by atoms with Crippen molar-refractivity contribution in [3.8, 4) is 5.75 Å². The number of furan rings is 1. The predicted octanol–water partition coefficient (Wildman–Crippen LogP) is 3.09. The summed E-state index contributed by atoms with van der Waals surface area (Å²) in [5, 5.41) is 7.54. The lowest BCUT2D eigenvalue weighted by atomic mass is 10.1. The summed E-state index contributed by atoms with van der Waals surface area (Å²) in [5.41, 5.74) is 1.01. The predicted molar refractivity (Wildman–Crippen MR) is 124 cm³/mol. The lowest BCUT2D eigenvalue weighted by Crippen LogP contribution is -2.42. The molecule has 2 aromatic heterocycles. The Morgan fingerprint density at radius 1 is 1.15 bits per heavy atom. The van der Waals surface area contributed by atoms with Gasteiger partial charge in [-0.05, 0) is 50.2 Å². The van der Waals surface area contributed by atoms with E-state index >= 15 is 0 Å². The molecular weight excluding hydrogens is 444 g/mol. The molecule has 1 aromatic carbocycles. The first-order valence-electron chi connectivity index (χ1n) is 10.3. The van der Waals surface area contributed by atoms with Gasteiger partial charge in [0.05, 0.1) is 32.0 Å². The van der Waals surface area contributed by atoms with Crippen molar-refractivity contribution in [2.24, 2.45) is 0 Å². The summed E-state index contributed by atoms with van der Waals surface area (Å²) in [7, 11) is 1.55. The van der Waals surface area contributed by atoms with E-state index in [0.717, 1.165) is 0 Å². The molecule has 2 N–H and O–H groups in total. The van der Waals surface area contributed by atoms with E-state index in [4.69, 9.17) is 9.15 Å². The Morgan fingerprint density at radius 2 is 1.91 bits per heavy atom. The van der Waals surface area contributed by atoms with Gasteiger partial charge >= 0.3 is 0 Å². The van der Waals surface area contributed by atoms with Crippen molar-refractivity contribution >= 4 is 34.2 Å². The number of carbonyl (C=O) groups excluding carboxylic acids is 3. The number of benzene rings is 1. The number of aromatic nitrogens is 1. The van der Waals surface area contributed by atoms with Crippen LogP contribution in [0.4, 0.5) is 5.13 Å². The first-order chi connectivity index (χ1) is 15.9. The monoisotopic (exact) mass is 470 g/mol. The zero-order valence-electron chi connectivity index (χ0n) is 18.7. The molecule has 33 heavy (non-hydrogen) atoms. The Hall–Kier alpha value is -3.66. The standard InChI is InChI=1S/C23H26N4O5S/c1-15(2)27(22(30)16-6-8-18(31-3)9-7-16)13-21(29)26-23-25-17(14-33-23)11-20(28)24-12-19-5-4-10-32-19/h4-10,14-15H,11-13H2,1-3H3,(H,24,28)(H,25,26,29). The SMILES string of the molecule is COc1ccc(C(=O)N(CC(=O)Nc2nc(CC(=O)NCc3ccco3)cs2)C(C)C)cc1. The zero-order chi connectivity index (χ0) is 23.8. The number of methoxy groups -OCH3 is 1. The van der Waals surface area contributed by atoms with Gasteiger partial charge in [0.2, 0.25) is 11.8 Å². The van der Waals surface area contributed by atoms with Crippen LogP contribution in [0.15, 0.2) is 52.5 Å². The van der Waals surface area contributed by atoms with Crippen molar-refractivity contribution in [1.29, 1.82) is 0 Å². The molecule has 0 bridgehead atoms. The van der Waals surface area contributed by atoms with Gasteiger partial charge in [0.15, 0.2) is 5.13 Å². The van der Waals surface area contributed by atoms with Crippen molar-refractivity contribution in [2.75, 3.05) is 19.0 Å². The first kappa shape index (κ1) is 24.0. The van der Waals surface area contributed by atoms with Crippen LogP contribution < -0.4 is 15.4 Å². The Bertz CT molecular complexity index is 1080. The summed E-state index contributed by atoms with van der Waals surface area (Å²) in [5.74, 6) is 0.485. The summed E-state index contributed by atoms with van der Waals surface area (Å²) in [6, 6.07) is 10.1. The van der Waals surface area contributed by atoms with Crippen molar-refractivity contribution < 1.29 is 23.5 Å². The maximum absolute atomic E-state index is 12.9. The molecule has 0 aliphatic rings. The number of ether oxygens (including phenoxy) is 1. The Balaban J connectivity index is 1.53. The molecule has 0 spiro atoms. The van der Waals surface area contributed by atoms with Crippen molar-refractivity contribution in [1.82, 2.24) is 15.2 Å². The van der Waals surface area contributed by atoms with Gasteiger partial charge in [0, 0.05) is 17.0 Å². The van der Waals surface area contributed by atoms with Crippen molar-refractivity contribution in [3.05, 3.63) is 65.1 Å². The van der Waals surface area contributed by atoms with E-state index < -0.39 is 0 Å². The second kappa shape index (κ2) is 11.3. The normalized spacial score (nSPS) is 10.7. The van der Waals surface area contributed by atoms with Gasteiger partial charge < -0.3 is 24.7 Å². The summed E-state index contributed by atoms with van der Waals surface area (Å²) in [6.07, 6.45) is 1.63. The molecule has 2 heterocycles. The molecule has 0 aliphatic carbocycles. The van der Waals surface area contributed by atoms with Crippen LogP contribution in [0.1, 0.15) is 35.7 Å². The van der Waals surface area contributed by atoms with Crippen LogP contribution in [0.5, 0.6) is 5.75 Å². The fourth-order valence-corrected chi connectivity index (χ4v) is 3.70. The summed E-state index contributed by atoms with van der Waals surface area (Å²) < 4.78 is 10.3. The van der Waals surface area contributed by atoms with Crippen molar-refractivity contribution in [2.45, 2.75) is 32.9 Å². The minimum absolute atomic E-state index is 0.0845. The number of hydrogen-bond acceptors (Lipinski definition) is 7. The third kappa shape index (κ3) is 6.91. The van der Waals surface area contributed by atoms with Crippen LogP contribution in [-0.2, 0) is 22.6 Å². The summed E-state index contributed by atoms with van der Waals surface area (Å²) >= 11 is 1.22. The van der Waals surface area contributed by atoms with E-state index in [1.807, 2.05) is 13.8 Å².